The molecule has 6 saturated heterocycles. The normalized spacial score (nSPS) is 16.4. The molecule has 0 spiro atoms. The number of rotatable bonds is 23. The van der Waals surface area contributed by atoms with E-state index in [2.05, 4.69) is 159 Å². The molecule has 7 fully saturated rings. The van der Waals surface area contributed by atoms with E-state index in [1.807, 2.05) is 214 Å². The molecule has 742 valence electrons. The third-order valence-electron chi connectivity index (χ3n) is 27.8. The van der Waals surface area contributed by atoms with Gasteiger partial charge >= 0.3 is 0 Å². The maximum atomic E-state index is 13.3. The van der Waals surface area contributed by atoms with Crippen molar-refractivity contribution in [2.24, 2.45) is 5.92 Å². The SMILES string of the molecule is CN1CCC(N2CCN(C(=O)c3cc4cc(Nc5nccc(-c6ccccn6)n5)ccc4[nH]3)CC2)CC1.CN1CCN(CCN2CCN(C(=O)c3cc4cc(Nc5nccc(-c6ccccn6)n5)ccc4[nH]3)CC2)CC1.O=C(c1cc2cc(Nc3nccc(-c4ccccn4)n3)ccc2[nH]1)N1CCN(CC2CC2)CC1.O=C(c1cc2cc(Nc3nccc(-c4ccccn4)n3)ccc2[nH]1)N1CCN(c2ncccn2)CC1. The molecule has 8 N–H and O–H groups in total. The number of piperidine rings is 1. The van der Waals surface area contributed by atoms with E-state index in [-0.39, 0.29) is 23.6 Å². The number of nitrogens with one attached hydrogen (secondary N) is 8. The van der Waals surface area contributed by atoms with Crippen molar-refractivity contribution >= 4 is 120 Å². The summed E-state index contributed by atoms with van der Waals surface area (Å²) in [6.07, 6.45) is 22.5. The van der Waals surface area contributed by atoms with E-state index >= 15 is 0 Å². The van der Waals surface area contributed by atoms with E-state index < -0.39 is 0 Å². The average molecular weight is 1950 g/mol. The van der Waals surface area contributed by atoms with Crippen LogP contribution in [-0.2, 0) is 0 Å². The number of hydrogen-bond acceptors (Lipinski definition) is 29. The first-order chi connectivity index (χ1) is 71.7. The van der Waals surface area contributed by atoms with Crippen molar-refractivity contribution in [3.63, 3.8) is 0 Å². The van der Waals surface area contributed by atoms with Crippen molar-refractivity contribution in [2.45, 2.75) is 31.7 Å². The van der Waals surface area contributed by atoms with Crippen LogP contribution in [0.3, 0.4) is 0 Å². The predicted molar refractivity (Wildman–Crippen MR) is 567 cm³/mol. The van der Waals surface area contributed by atoms with E-state index in [0.717, 1.165) is 249 Å². The molecule has 1 aliphatic carbocycles. The summed E-state index contributed by atoms with van der Waals surface area (Å²) in [6.45, 7) is 23.2. The number of pyridine rings is 4. The summed E-state index contributed by atoms with van der Waals surface area (Å²) >= 11 is 0. The van der Waals surface area contributed by atoms with Crippen molar-refractivity contribution in [3.05, 3.63) is 285 Å². The van der Waals surface area contributed by atoms with Gasteiger partial charge in [-0.05, 0) is 235 Å². The van der Waals surface area contributed by atoms with Gasteiger partial charge in [-0.2, -0.15) is 0 Å². The van der Waals surface area contributed by atoms with Crippen LogP contribution in [-0.4, -0.2) is 346 Å². The van der Waals surface area contributed by atoms with Gasteiger partial charge in [0.1, 0.15) is 22.8 Å². The molecule has 17 aromatic rings. The topological polar surface area (TPSA) is 396 Å². The number of carbonyl (C=O) groups is 4. The fraction of sp³-hybridized carbons (Fsp3) is 0.303. The van der Waals surface area contributed by atoms with Crippen LogP contribution < -0.4 is 26.2 Å². The summed E-state index contributed by atoms with van der Waals surface area (Å²) < 4.78 is 0. The number of aromatic nitrogens is 18. The number of aromatic amines is 4. The lowest BCUT2D eigenvalue weighted by Gasteiger charge is -2.42. The van der Waals surface area contributed by atoms with E-state index in [9.17, 15) is 19.2 Å². The number of hydrogen-bond donors (Lipinski definition) is 8. The molecule has 0 radical (unpaired) electrons. The molecule has 24 rings (SSSR count). The minimum absolute atomic E-state index is 0.0132. The summed E-state index contributed by atoms with van der Waals surface area (Å²) in [5.74, 6) is 3.75. The number of likely N-dealkylation sites (tertiary alicyclic amines) is 1. The molecule has 13 aromatic heterocycles. The highest BCUT2D eigenvalue weighted by Crippen LogP contribution is 2.34. The van der Waals surface area contributed by atoms with Gasteiger partial charge in [0, 0.05) is 285 Å². The number of likely N-dealkylation sites (N-methyl/N-ethyl adjacent to an activating group) is 1. The Morgan fingerprint density at radius 1 is 0.281 bits per heavy atom. The van der Waals surface area contributed by atoms with E-state index in [1.54, 1.807) is 68.0 Å². The first-order valence-electron chi connectivity index (χ1n) is 50.2. The predicted octanol–water partition coefficient (Wildman–Crippen LogP) is 13.8. The van der Waals surface area contributed by atoms with Crippen molar-refractivity contribution in [3.8, 4) is 45.6 Å². The molecule has 7 aliphatic rings. The summed E-state index contributed by atoms with van der Waals surface area (Å²) in [7, 11) is 4.39. The Labute approximate surface area is 844 Å². The Morgan fingerprint density at radius 3 is 0.904 bits per heavy atom. The lowest BCUT2D eigenvalue weighted by atomic mass is 10.0. The first-order valence-corrected chi connectivity index (χ1v) is 50.2. The number of benzene rings is 4. The number of amides is 4. The van der Waals surface area contributed by atoms with Gasteiger partial charge in [0.25, 0.3) is 23.6 Å². The standard InChI is InChI=1S/C29H35N9O.C28H32N8O.C26H23N9O.C26H27N7O/c1-35-10-12-36(13-11-35)14-15-37-16-18-38(19-17-37)28(39)27-21-22-20-23(5-6-24(22)33-27)32-29-31-9-7-26(34-29)25-4-2-3-8-30-25;1-34-12-8-22(9-13-34)35-14-16-36(17-15-35)27(37)26-19-20-18-21(5-6-23(20)32-26)31-28-30-11-7-25(33-28)24-4-2-3-10-29-24;36-24(34-12-14-35(15-13-34)26-29-9-3-10-30-26)23-17-18-16-19(5-6-20(18)32-23)31-25-28-11-7-22(33-25)21-4-1-2-8-27-21;34-25(33-13-11-32(12-14-33)17-18-4-5-18)24-16-19-15-20(6-7-21(19)30-24)29-26-28-10-8-23(31-26)22-3-1-2-9-27-22/h2-9,20-21,33H,10-19H2,1H3,(H,31,32,34);2-7,10-11,18-19,22,32H,8-9,12-17H2,1H3,(H,30,31,33);1-11,16-17,32H,12-15H2,(H,28,31,33);1-3,6-10,15-16,18,30H,4-5,11-14,17H2,(H,28,29,31). The van der Waals surface area contributed by atoms with Crippen LogP contribution in [0.5, 0.6) is 0 Å². The Morgan fingerprint density at radius 2 is 0.582 bits per heavy atom. The van der Waals surface area contributed by atoms with Gasteiger partial charge in [-0.1, -0.05) is 24.3 Å². The van der Waals surface area contributed by atoms with E-state index in [4.69, 9.17) is 0 Å². The van der Waals surface area contributed by atoms with Gasteiger partial charge in [0.15, 0.2) is 0 Å². The summed E-state index contributed by atoms with van der Waals surface area (Å²) in [5, 5.41) is 16.9. The maximum Gasteiger partial charge on any atom is 0.270 e. The number of carbonyl (C=O) groups excluding carboxylic acids is 4. The summed E-state index contributed by atoms with van der Waals surface area (Å²) in [5.41, 5.74) is 15.7. The van der Waals surface area contributed by atoms with Crippen LogP contribution in [0.15, 0.2) is 262 Å². The smallest absolute Gasteiger partial charge is 0.270 e. The van der Waals surface area contributed by atoms with Crippen LogP contribution >= 0.6 is 0 Å². The largest absolute Gasteiger partial charge is 0.351 e. The minimum atomic E-state index is -0.0132. The zero-order valence-electron chi connectivity index (χ0n) is 81.8. The van der Waals surface area contributed by atoms with Crippen LogP contribution in [0, 0.1) is 5.92 Å². The molecule has 6 aliphatic heterocycles. The zero-order chi connectivity index (χ0) is 99.0. The van der Waals surface area contributed by atoms with Gasteiger partial charge in [0.05, 0.1) is 45.6 Å². The van der Waals surface area contributed by atoms with Crippen LogP contribution in [0.25, 0.3) is 89.2 Å². The van der Waals surface area contributed by atoms with Crippen LogP contribution in [0.1, 0.15) is 67.6 Å². The monoisotopic (exact) mass is 1950 g/mol. The molecule has 0 bridgehead atoms. The molecule has 37 heteroatoms. The quantitative estimate of drug-likeness (QED) is 0.0295. The number of anilines is 9. The second-order valence-corrected chi connectivity index (χ2v) is 37.9. The molecule has 37 nitrogen and oxygen atoms in total. The Kier molecular flexibility index (Phi) is 29.6. The molecule has 0 atom stereocenters. The lowest BCUT2D eigenvalue weighted by molar-refractivity contribution is 0.0471. The average Bonchev–Trinajstić information content (AvgIpc) is 1.21. The Bertz CT molecular complexity index is 7310. The molecule has 146 heavy (non-hydrogen) atoms. The van der Waals surface area contributed by atoms with Gasteiger partial charge in [-0.25, -0.2) is 49.8 Å². The fourth-order valence-corrected chi connectivity index (χ4v) is 19.3. The van der Waals surface area contributed by atoms with Gasteiger partial charge < -0.3 is 75.5 Å². The summed E-state index contributed by atoms with van der Waals surface area (Å²) in [6, 6.07) is 64.1. The highest BCUT2D eigenvalue weighted by Gasteiger charge is 2.33. The number of nitrogens with zero attached hydrogens (tertiary/aromatic N) is 25. The van der Waals surface area contributed by atoms with Gasteiger partial charge in [-0.15, -0.1) is 0 Å². The number of fused-ring (bicyclic) bond motifs is 4. The number of piperazine rings is 5. The lowest BCUT2D eigenvalue weighted by Crippen LogP contribution is -2.54. The Hall–Kier alpha value is -16.3. The van der Waals surface area contributed by atoms with Crippen LogP contribution in [0.4, 0.5) is 52.5 Å². The van der Waals surface area contributed by atoms with Crippen molar-refractivity contribution < 1.29 is 19.2 Å². The van der Waals surface area contributed by atoms with Crippen molar-refractivity contribution in [1.29, 1.82) is 0 Å². The first kappa shape index (κ1) is 95.8. The zero-order valence-corrected chi connectivity index (χ0v) is 81.8. The van der Waals surface area contributed by atoms with E-state index in [0.29, 0.717) is 84.7 Å². The third kappa shape index (κ3) is 24.1. The molecular weight excluding hydrogens is 1840 g/mol. The van der Waals surface area contributed by atoms with Crippen LogP contribution in [0.2, 0.25) is 0 Å². The third-order valence-corrected chi connectivity index (χ3v) is 27.8. The van der Waals surface area contributed by atoms with Gasteiger partial charge in [0.2, 0.25) is 29.7 Å². The highest BCUT2D eigenvalue weighted by molar-refractivity contribution is 6.02. The molecule has 4 amide bonds. The second kappa shape index (κ2) is 45.1. The fourth-order valence-electron chi connectivity index (χ4n) is 19.3. The second-order valence-electron chi connectivity index (χ2n) is 37.9. The minimum Gasteiger partial charge on any atom is -0.351 e. The molecule has 19 heterocycles. The molecule has 1 saturated carbocycles. The summed E-state index contributed by atoms with van der Waals surface area (Å²) in [4.78, 5) is 153. The van der Waals surface area contributed by atoms with Gasteiger partial charge in [-0.3, -0.25) is 58.7 Å². The number of H-pyrrole nitrogens is 4. The highest BCUT2D eigenvalue weighted by atomic mass is 16.2. The molecule has 4 aromatic carbocycles. The maximum absolute atomic E-state index is 13.3. The molecule has 0 unspecified atom stereocenters. The van der Waals surface area contributed by atoms with Crippen molar-refractivity contribution in [2.75, 3.05) is 204 Å². The van der Waals surface area contributed by atoms with E-state index in [1.165, 1.54) is 32.2 Å². The Balaban J connectivity index is 0.000000115. The van der Waals surface area contributed by atoms with Crippen molar-refractivity contribution in [1.82, 2.24) is 139 Å². The molecular formula is C109H117N33O4.